The number of hydrogen-bond acceptors (Lipinski definition) is 3. The second-order valence-electron chi connectivity index (χ2n) is 4.04. The largest absolute Gasteiger partial charge is 0.382 e. The van der Waals surface area contributed by atoms with E-state index in [0.29, 0.717) is 0 Å². The quantitative estimate of drug-likeness (QED) is 0.664. The zero-order valence-electron chi connectivity index (χ0n) is 10.6. The van der Waals surface area contributed by atoms with Gasteiger partial charge in [0, 0.05) is 38.5 Å². The highest BCUT2D eigenvalue weighted by molar-refractivity contribution is 5.97. The summed E-state index contributed by atoms with van der Waals surface area (Å²) in [7, 11) is 3.34. The fourth-order valence-corrected chi connectivity index (χ4v) is 1.33. The average molecular weight is 265 g/mol. The first-order valence-corrected chi connectivity index (χ1v) is 5.44. The fourth-order valence-electron chi connectivity index (χ4n) is 1.33. The summed E-state index contributed by atoms with van der Waals surface area (Å²) >= 11 is 0. The lowest BCUT2D eigenvalue weighted by Crippen LogP contribution is -2.25. The van der Waals surface area contributed by atoms with Gasteiger partial charge in [-0.15, -0.1) is 0 Å². The van der Waals surface area contributed by atoms with Crippen molar-refractivity contribution in [1.82, 2.24) is 10.2 Å². The van der Waals surface area contributed by atoms with Crippen LogP contribution in [0, 0.1) is 23.0 Å². The highest BCUT2D eigenvalue weighted by Crippen LogP contribution is 2.09. The number of carbonyl (C=O) groups is 1. The van der Waals surface area contributed by atoms with Gasteiger partial charge in [-0.1, -0.05) is 6.07 Å². The highest BCUT2D eigenvalue weighted by Gasteiger charge is 2.10. The maximum Gasteiger partial charge on any atom is 0.263 e. The minimum Gasteiger partial charge on any atom is -0.382 e. The van der Waals surface area contributed by atoms with E-state index in [4.69, 9.17) is 5.26 Å². The highest BCUT2D eigenvalue weighted by atomic mass is 19.1. The summed E-state index contributed by atoms with van der Waals surface area (Å²) in [5, 5.41) is 11.2. The first kappa shape index (κ1) is 14.6. The molecule has 0 atom stereocenters. The van der Waals surface area contributed by atoms with E-state index in [-0.39, 0.29) is 17.7 Å². The van der Waals surface area contributed by atoms with Crippen LogP contribution in [0.1, 0.15) is 5.56 Å². The summed E-state index contributed by atoms with van der Waals surface area (Å²) in [6.07, 6.45) is 1.36. The average Bonchev–Trinajstić information content (AvgIpc) is 2.34. The molecule has 1 N–H and O–H groups in total. The second-order valence-corrected chi connectivity index (χ2v) is 4.04. The number of carbonyl (C=O) groups excluding carboxylic acids is 1. The summed E-state index contributed by atoms with van der Waals surface area (Å²) in [6, 6.07) is 4.83. The molecule has 100 valence electrons. The van der Waals surface area contributed by atoms with Gasteiger partial charge in [-0.2, -0.15) is 5.26 Å². The van der Waals surface area contributed by atoms with Gasteiger partial charge in [0.1, 0.15) is 23.3 Å². The Morgan fingerprint density at radius 2 is 2.16 bits per heavy atom. The van der Waals surface area contributed by atoms with Crippen molar-refractivity contribution in [1.29, 1.82) is 5.26 Å². The van der Waals surface area contributed by atoms with Crippen LogP contribution in [-0.4, -0.2) is 24.9 Å². The van der Waals surface area contributed by atoms with E-state index in [9.17, 15) is 13.6 Å². The molecule has 0 aliphatic heterocycles. The topological polar surface area (TPSA) is 56.1 Å². The van der Waals surface area contributed by atoms with Crippen LogP contribution in [0.15, 0.2) is 30.0 Å². The van der Waals surface area contributed by atoms with E-state index in [0.717, 1.165) is 12.1 Å². The Hall–Kier alpha value is -2.42. The molecule has 1 amide bonds. The summed E-state index contributed by atoms with van der Waals surface area (Å²) in [5.74, 6) is -2.03. The standard InChI is InChI=1S/C13H13F2N3O/c1-18(2)8-10(6-16)13(19)17-7-9-3-4-11(14)5-12(9)15/h3-5,8H,7H2,1-2H3,(H,17,19)/b10-8+. The molecule has 0 saturated carbocycles. The molecule has 0 aliphatic rings. The molecule has 0 saturated heterocycles. The van der Waals surface area contributed by atoms with Gasteiger partial charge in [0.05, 0.1) is 0 Å². The van der Waals surface area contributed by atoms with Crippen molar-refractivity contribution in [3.05, 3.63) is 47.2 Å². The number of nitriles is 1. The normalized spacial score (nSPS) is 10.8. The first-order chi connectivity index (χ1) is 8.93. The number of rotatable bonds is 4. The lowest BCUT2D eigenvalue weighted by Gasteiger charge is -2.08. The Bertz CT molecular complexity index is 547. The van der Waals surface area contributed by atoms with Gasteiger partial charge in [0.15, 0.2) is 0 Å². The van der Waals surface area contributed by atoms with Crippen LogP contribution in [0.5, 0.6) is 0 Å². The number of halogens is 2. The zero-order chi connectivity index (χ0) is 14.4. The lowest BCUT2D eigenvalue weighted by atomic mass is 10.2. The number of hydrogen-bond donors (Lipinski definition) is 1. The van der Waals surface area contributed by atoms with Crippen LogP contribution in [0.2, 0.25) is 0 Å². The second kappa shape index (κ2) is 6.50. The third kappa shape index (κ3) is 4.39. The predicted molar refractivity (Wildman–Crippen MR) is 65.6 cm³/mol. The molecule has 0 unspecified atom stereocenters. The minimum atomic E-state index is -0.740. The van der Waals surface area contributed by atoms with E-state index >= 15 is 0 Å². The van der Waals surface area contributed by atoms with Crippen molar-refractivity contribution in [2.24, 2.45) is 0 Å². The van der Waals surface area contributed by atoms with Gasteiger partial charge in [-0.25, -0.2) is 8.78 Å². The van der Waals surface area contributed by atoms with Crippen LogP contribution in [0.3, 0.4) is 0 Å². The van der Waals surface area contributed by atoms with E-state index < -0.39 is 17.5 Å². The monoisotopic (exact) mass is 265 g/mol. The van der Waals surface area contributed by atoms with E-state index in [1.807, 2.05) is 0 Å². The Labute approximate surface area is 109 Å². The minimum absolute atomic E-state index is 0.0903. The Morgan fingerprint density at radius 3 is 2.68 bits per heavy atom. The third-order valence-corrected chi connectivity index (χ3v) is 2.21. The molecule has 0 radical (unpaired) electrons. The van der Waals surface area contributed by atoms with Crippen molar-refractivity contribution >= 4 is 5.91 Å². The van der Waals surface area contributed by atoms with Crippen molar-refractivity contribution in [3.63, 3.8) is 0 Å². The molecule has 0 aromatic heterocycles. The van der Waals surface area contributed by atoms with Gasteiger partial charge >= 0.3 is 0 Å². The fraction of sp³-hybridized carbons (Fsp3) is 0.231. The molecule has 0 heterocycles. The molecule has 0 bridgehead atoms. The molecule has 1 aromatic carbocycles. The number of nitrogens with one attached hydrogen (secondary N) is 1. The number of amides is 1. The van der Waals surface area contributed by atoms with Crippen molar-refractivity contribution in [2.75, 3.05) is 14.1 Å². The van der Waals surface area contributed by atoms with Crippen LogP contribution >= 0.6 is 0 Å². The maximum atomic E-state index is 13.3. The summed E-state index contributed by atoms with van der Waals surface area (Å²) in [4.78, 5) is 13.2. The molecule has 19 heavy (non-hydrogen) atoms. The van der Waals surface area contributed by atoms with Crippen molar-refractivity contribution in [2.45, 2.75) is 6.54 Å². The molecule has 0 aliphatic carbocycles. The summed E-state index contributed by atoms with van der Waals surface area (Å²) in [6.45, 7) is -0.114. The molecular formula is C13H13F2N3O. The maximum absolute atomic E-state index is 13.3. The Kier molecular flexibility index (Phi) is 5.01. The molecule has 0 fully saturated rings. The van der Waals surface area contributed by atoms with Gasteiger partial charge in [0.2, 0.25) is 0 Å². The number of nitrogens with zero attached hydrogens (tertiary/aromatic N) is 2. The summed E-state index contributed by atoms with van der Waals surface area (Å²) in [5.41, 5.74) is 0.0596. The van der Waals surface area contributed by atoms with Gasteiger partial charge < -0.3 is 10.2 Å². The SMILES string of the molecule is CN(C)/C=C(\C#N)C(=O)NCc1ccc(F)cc1F. The number of benzene rings is 1. The first-order valence-electron chi connectivity index (χ1n) is 5.44. The van der Waals surface area contributed by atoms with Gasteiger partial charge in [-0.05, 0) is 6.07 Å². The van der Waals surface area contributed by atoms with E-state index in [1.165, 1.54) is 12.3 Å². The van der Waals surface area contributed by atoms with Crippen molar-refractivity contribution < 1.29 is 13.6 Å². The molecular weight excluding hydrogens is 252 g/mol. The van der Waals surface area contributed by atoms with Crippen LogP contribution in [-0.2, 0) is 11.3 Å². The smallest absolute Gasteiger partial charge is 0.263 e. The molecule has 6 heteroatoms. The lowest BCUT2D eigenvalue weighted by molar-refractivity contribution is -0.117. The molecule has 1 rings (SSSR count). The van der Waals surface area contributed by atoms with E-state index in [2.05, 4.69) is 5.32 Å². The van der Waals surface area contributed by atoms with Crippen LogP contribution in [0.25, 0.3) is 0 Å². The molecule has 1 aromatic rings. The van der Waals surface area contributed by atoms with E-state index in [1.54, 1.807) is 25.1 Å². The molecule has 0 spiro atoms. The van der Waals surface area contributed by atoms with Gasteiger partial charge in [-0.3, -0.25) is 4.79 Å². The van der Waals surface area contributed by atoms with Crippen LogP contribution < -0.4 is 5.32 Å². The zero-order valence-corrected chi connectivity index (χ0v) is 10.6. The summed E-state index contributed by atoms with van der Waals surface area (Å²) < 4.78 is 26.0. The third-order valence-electron chi connectivity index (χ3n) is 2.21. The molecule has 4 nitrogen and oxygen atoms in total. The Morgan fingerprint density at radius 1 is 1.47 bits per heavy atom. The van der Waals surface area contributed by atoms with Crippen LogP contribution in [0.4, 0.5) is 8.78 Å². The Balaban J connectivity index is 2.71. The van der Waals surface area contributed by atoms with Crippen molar-refractivity contribution in [3.8, 4) is 6.07 Å². The van der Waals surface area contributed by atoms with Gasteiger partial charge in [0.25, 0.3) is 5.91 Å². The predicted octanol–water partition coefficient (Wildman–Crippen LogP) is 1.55.